The van der Waals surface area contributed by atoms with Gasteiger partial charge in [0, 0.05) is 12.5 Å². The molecule has 0 aliphatic rings. The van der Waals surface area contributed by atoms with E-state index in [2.05, 4.69) is 0 Å². The highest BCUT2D eigenvalue weighted by Gasteiger charge is 2.11. The molecule has 0 heterocycles. The summed E-state index contributed by atoms with van der Waals surface area (Å²) >= 11 is 0. The molecular formula is C12H17NO3. The van der Waals surface area contributed by atoms with Crippen LogP contribution >= 0.6 is 0 Å². The number of hydrogen-bond acceptors (Lipinski definition) is 3. The first kappa shape index (κ1) is 12.4. The minimum absolute atomic E-state index is 0.0569. The monoisotopic (exact) mass is 223 g/mol. The fraction of sp³-hybridized carbons (Fsp3) is 0.417. The second kappa shape index (κ2) is 5.39. The number of carbonyl (C=O) groups is 1. The zero-order chi connectivity index (χ0) is 12.1. The van der Waals surface area contributed by atoms with Crippen molar-refractivity contribution in [2.24, 2.45) is 5.73 Å². The molecule has 16 heavy (non-hydrogen) atoms. The van der Waals surface area contributed by atoms with E-state index in [0.717, 1.165) is 5.56 Å². The van der Waals surface area contributed by atoms with E-state index >= 15 is 0 Å². The molecule has 1 rings (SSSR count). The summed E-state index contributed by atoms with van der Waals surface area (Å²) in [6.07, 6.45) is 0.316. The Morgan fingerprint density at radius 2 is 1.75 bits per heavy atom. The van der Waals surface area contributed by atoms with E-state index < -0.39 is 0 Å². The van der Waals surface area contributed by atoms with Crippen molar-refractivity contribution in [3.8, 4) is 11.5 Å². The van der Waals surface area contributed by atoms with Crippen LogP contribution in [-0.4, -0.2) is 20.1 Å². The largest absolute Gasteiger partial charge is 0.497 e. The maximum Gasteiger partial charge on any atom is 0.218 e. The number of amides is 1. The van der Waals surface area contributed by atoms with Crippen LogP contribution in [0.15, 0.2) is 18.2 Å². The number of primary amides is 1. The maximum atomic E-state index is 10.9. The first-order chi connectivity index (χ1) is 7.56. The fourth-order valence-electron chi connectivity index (χ4n) is 1.53. The summed E-state index contributed by atoms with van der Waals surface area (Å²) in [4.78, 5) is 10.9. The standard InChI is InChI=1S/C12H17NO3/c1-8(4-12(13)14)9-5-10(15-2)7-11(6-9)16-3/h5-8H,4H2,1-3H3,(H2,13,14). The average Bonchev–Trinajstić information content (AvgIpc) is 2.27. The lowest BCUT2D eigenvalue weighted by atomic mass is 9.97. The van der Waals surface area contributed by atoms with E-state index in [4.69, 9.17) is 15.2 Å². The Morgan fingerprint density at radius 3 is 2.12 bits per heavy atom. The molecule has 2 N–H and O–H groups in total. The molecular weight excluding hydrogens is 206 g/mol. The molecule has 0 radical (unpaired) electrons. The Labute approximate surface area is 95.3 Å². The number of nitrogens with two attached hydrogens (primary N) is 1. The topological polar surface area (TPSA) is 61.6 Å². The van der Waals surface area contributed by atoms with Crippen molar-refractivity contribution in [3.05, 3.63) is 23.8 Å². The molecule has 1 aromatic rings. The van der Waals surface area contributed by atoms with Gasteiger partial charge in [0.2, 0.25) is 5.91 Å². The Balaban J connectivity index is 2.97. The molecule has 0 saturated carbocycles. The molecule has 0 spiro atoms. The minimum Gasteiger partial charge on any atom is -0.497 e. The van der Waals surface area contributed by atoms with Gasteiger partial charge in [-0.25, -0.2) is 0 Å². The van der Waals surface area contributed by atoms with Gasteiger partial charge < -0.3 is 15.2 Å². The molecule has 0 saturated heterocycles. The van der Waals surface area contributed by atoms with Gasteiger partial charge in [0.05, 0.1) is 14.2 Å². The van der Waals surface area contributed by atoms with Crippen molar-refractivity contribution in [2.75, 3.05) is 14.2 Å². The van der Waals surface area contributed by atoms with E-state index in [1.54, 1.807) is 20.3 Å². The lowest BCUT2D eigenvalue weighted by Crippen LogP contribution is -2.13. The van der Waals surface area contributed by atoms with Gasteiger partial charge >= 0.3 is 0 Å². The second-order valence-corrected chi connectivity index (χ2v) is 3.72. The number of carbonyl (C=O) groups excluding carboxylic acids is 1. The molecule has 1 atom stereocenters. The number of benzene rings is 1. The Kier molecular flexibility index (Phi) is 4.17. The second-order valence-electron chi connectivity index (χ2n) is 3.72. The van der Waals surface area contributed by atoms with Crippen LogP contribution in [0, 0.1) is 0 Å². The van der Waals surface area contributed by atoms with Crippen LogP contribution in [0.1, 0.15) is 24.8 Å². The SMILES string of the molecule is COc1cc(OC)cc(C(C)CC(N)=O)c1. The number of methoxy groups -OCH3 is 2. The van der Waals surface area contributed by atoms with Crippen LogP contribution in [-0.2, 0) is 4.79 Å². The molecule has 88 valence electrons. The first-order valence-corrected chi connectivity index (χ1v) is 5.08. The summed E-state index contributed by atoms with van der Waals surface area (Å²) in [6, 6.07) is 5.56. The molecule has 0 aliphatic carbocycles. The smallest absolute Gasteiger partial charge is 0.218 e. The highest BCUT2D eigenvalue weighted by Crippen LogP contribution is 2.28. The van der Waals surface area contributed by atoms with Crippen molar-refractivity contribution in [1.82, 2.24) is 0 Å². The zero-order valence-corrected chi connectivity index (χ0v) is 9.82. The fourth-order valence-corrected chi connectivity index (χ4v) is 1.53. The molecule has 0 aromatic heterocycles. The molecule has 0 aliphatic heterocycles. The summed E-state index contributed by atoms with van der Waals surface area (Å²) < 4.78 is 10.3. The normalized spacial score (nSPS) is 11.9. The van der Waals surface area contributed by atoms with Crippen molar-refractivity contribution in [3.63, 3.8) is 0 Å². The van der Waals surface area contributed by atoms with Crippen molar-refractivity contribution >= 4 is 5.91 Å². The lowest BCUT2D eigenvalue weighted by Gasteiger charge is -2.13. The summed E-state index contributed by atoms with van der Waals surface area (Å²) in [6.45, 7) is 1.94. The predicted octanol–water partition coefficient (Wildman–Crippen LogP) is 1.68. The predicted molar refractivity (Wildman–Crippen MR) is 61.8 cm³/mol. The average molecular weight is 223 g/mol. The number of hydrogen-bond donors (Lipinski definition) is 1. The van der Waals surface area contributed by atoms with E-state index in [1.807, 2.05) is 19.1 Å². The quantitative estimate of drug-likeness (QED) is 0.826. The van der Waals surface area contributed by atoms with E-state index in [-0.39, 0.29) is 11.8 Å². The first-order valence-electron chi connectivity index (χ1n) is 5.08. The molecule has 1 amide bonds. The zero-order valence-electron chi connectivity index (χ0n) is 9.82. The molecule has 4 heteroatoms. The van der Waals surface area contributed by atoms with Crippen LogP contribution < -0.4 is 15.2 Å². The molecule has 0 fully saturated rings. The van der Waals surface area contributed by atoms with Gasteiger partial charge in [0.1, 0.15) is 11.5 Å². The van der Waals surface area contributed by atoms with Gasteiger partial charge in [-0.1, -0.05) is 6.92 Å². The summed E-state index contributed by atoms with van der Waals surface area (Å²) in [5, 5.41) is 0. The number of ether oxygens (including phenoxy) is 2. The van der Waals surface area contributed by atoms with Gasteiger partial charge in [-0.05, 0) is 23.6 Å². The summed E-state index contributed by atoms with van der Waals surface area (Å²) in [5.74, 6) is 1.17. The molecule has 1 aromatic carbocycles. The van der Waals surface area contributed by atoms with Gasteiger partial charge in [-0.15, -0.1) is 0 Å². The van der Waals surface area contributed by atoms with Gasteiger partial charge in [0.15, 0.2) is 0 Å². The Hall–Kier alpha value is -1.71. The molecule has 4 nitrogen and oxygen atoms in total. The third-order valence-corrected chi connectivity index (χ3v) is 2.45. The Bertz CT molecular complexity index is 354. The van der Waals surface area contributed by atoms with Crippen molar-refractivity contribution < 1.29 is 14.3 Å². The van der Waals surface area contributed by atoms with E-state index in [0.29, 0.717) is 17.9 Å². The van der Waals surface area contributed by atoms with Gasteiger partial charge in [-0.2, -0.15) is 0 Å². The maximum absolute atomic E-state index is 10.9. The number of rotatable bonds is 5. The van der Waals surface area contributed by atoms with Crippen LogP contribution in [0.25, 0.3) is 0 Å². The third kappa shape index (κ3) is 3.15. The summed E-state index contributed by atoms with van der Waals surface area (Å²) in [5.41, 5.74) is 6.15. The van der Waals surface area contributed by atoms with Crippen LogP contribution in [0.2, 0.25) is 0 Å². The third-order valence-electron chi connectivity index (χ3n) is 2.45. The van der Waals surface area contributed by atoms with E-state index in [9.17, 15) is 4.79 Å². The summed E-state index contributed by atoms with van der Waals surface area (Å²) in [7, 11) is 3.19. The highest BCUT2D eigenvalue weighted by atomic mass is 16.5. The van der Waals surface area contributed by atoms with Crippen LogP contribution in [0.3, 0.4) is 0 Å². The van der Waals surface area contributed by atoms with Gasteiger partial charge in [-0.3, -0.25) is 4.79 Å². The Morgan fingerprint density at radius 1 is 1.25 bits per heavy atom. The van der Waals surface area contributed by atoms with Gasteiger partial charge in [0.25, 0.3) is 0 Å². The van der Waals surface area contributed by atoms with E-state index in [1.165, 1.54) is 0 Å². The van der Waals surface area contributed by atoms with Crippen molar-refractivity contribution in [1.29, 1.82) is 0 Å². The lowest BCUT2D eigenvalue weighted by molar-refractivity contribution is -0.118. The van der Waals surface area contributed by atoms with Crippen LogP contribution in [0.4, 0.5) is 0 Å². The minimum atomic E-state index is -0.311. The molecule has 1 unspecified atom stereocenters. The van der Waals surface area contributed by atoms with Crippen molar-refractivity contribution in [2.45, 2.75) is 19.3 Å². The highest BCUT2D eigenvalue weighted by molar-refractivity contribution is 5.74. The van der Waals surface area contributed by atoms with Crippen LogP contribution in [0.5, 0.6) is 11.5 Å². The molecule has 0 bridgehead atoms.